The van der Waals surface area contributed by atoms with E-state index < -0.39 is 0 Å². The van der Waals surface area contributed by atoms with Gasteiger partial charge in [-0.05, 0) is 43.7 Å². The number of carbonyl (C=O) groups is 2. The number of aromatic nitrogens is 1. The molecule has 0 saturated heterocycles. The molecule has 2 aliphatic heterocycles. The maximum atomic E-state index is 12.6. The average molecular weight is 376 g/mol. The molecule has 2 aliphatic rings. The van der Waals surface area contributed by atoms with Gasteiger partial charge in [0.15, 0.2) is 0 Å². The largest absolute Gasteiger partial charge is 0.497 e. The topological polar surface area (TPSA) is 75.1 Å². The van der Waals surface area contributed by atoms with Gasteiger partial charge in [-0.2, -0.15) is 5.10 Å². The normalized spacial score (nSPS) is 19.5. The quantitative estimate of drug-likeness (QED) is 0.770. The lowest BCUT2D eigenvalue weighted by molar-refractivity contribution is -0.132. The number of ether oxygens (including phenoxy) is 1. The molecule has 1 aromatic heterocycles. The first-order valence-corrected chi connectivity index (χ1v) is 8.99. The molecule has 7 heteroatoms. The first-order valence-electron chi connectivity index (χ1n) is 8.99. The summed E-state index contributed by atoms with van der Waals surface area (Å²) < 4.78 is 5.24. The smallest absolute Gasteiger partial charge is 0.262 e. The molecule has 0 saturated carbocycles. The van der Waals surface area contributed by atoms with Gasteiger partial charge in [-0.3, -0.25) is 9.59 Å². The van der Waals surface area contributed by atoms with Crippen molar-refractivity contribution in [3.63, 3.8) is 0 Å². The number of anilines is 1. The molecule has 0 radical (unpaired) electrons. The van der Waals surface area contributed by atoms with Gasteiger partial charge in [0.25, 0.3) is 11.8 Å². The Bertz CT molecular complexity index is 972. The van der Waals surface area contributed by atoms with Crippen LogP contribution in [0.15, 0.2) is 64.9 Å². The SMILES string of the molecule is COc1ccc(C2CC(N3C(=O)C(C)=C(C)C3=O)=NN2c2ccccn2)cc1. The van der Waals surface area contributed by atoms with E-state index >= 15 is 0 Å². The summed E-state index contributed by atoms with van der Waals surface area (Å²) in [6.45, 7) is 3.34. The van der Waals surface area contributed by atoms with Crippen LogP contribution in [0.2, 0.25) is 0 Å². The number of carbonyl (C=O) groups excluding carboxylic acids is 2. The van der Waals surface area contributed by atoms with Crippen LogP contribution in [0, 0.1) is 0 Å². The van der Waals surface area contributed by atoms with Gasteiger partial charge in [0.1, 0.15) is 17.4 Å². The number of rotatable bonds is 3. The predicted octanol–water partition coefficient (Wildman–Crippen LogP) is 3.06. The minimum atomic E-state index is -0.308. The van der Waals surface area contributed by atoms with Crippen molar-refractivity contribution in [1.82, 2.24) is 9.88 Å². The number of imide groups is 1. The van der Waals surface area contributed by atoms with Crippen LogP contribution in [-0.2, 0) is 9.59 Å². The van der Waals surface area contributed by atoms with Crippen molar-refractivity contribution in [3.8, 4) is 5.75 Å². The maximum Gasteiger partial charge on any atom is 0.262 e. The van der Waals surface area contributed by atoms with E-state index in [4.69, 9.17) is 4.74 Å². The van der Waals surface area contributed by atoms with E-state index in [9.17, 15) is 9.59 Å². The molecule has 0 aliphatic carbocycles. The lowest BCUT2D eigenvalue weighted by atomic mass is 10.0. The highest BCUT2D eigenvalue weighted by Gasteiger charge is 2.41. The Hall–Kier alpha value is -3.48. The summed E-state index contributed by atoms with van der Waals surface area (Å²) in [6.07, 6.45) is 2.11. The standard InChI is InChI=1S/C21H20N4O3/c1-13-14(2)21(27)24(20(13)26)19-12-17(15-7-9-16(28-3)10-8-15)25(23-19)18-6-4-5-11-22-18/h4-11,17H,12H2,1-3H3. The number of amidine groups is 1. The number of methoxy groups -OCH3 is 1. The number of hydrogen-bond acceptors (Lipinski definition) is 6. The van der Waals surface area contributed by atoms with Crippen LogP contribution in [0.3, 0.4) is 0 Å². The third-order valence-corrected chi connectivity index (χ3v) is 5.15. The molecular formula is C21H20N4O3. The third kappa shape index (κ3) is 2.85. The third-order valence-electron chi connectivity index (χ3n) is 5.15. The number of hydrogen-bond donors (Lipinski definition) is 0. The molecule has 4 rings (SSSR count). The first-order chi connectivity index (χ1) is 13.5. The van der Waals surface area contributed by atoms with Crippen LogP contribution in [0.4, 0.5) is 5.82 Å². The molecule has 1 atom stereocenters. The number of hydrazone groups is 1. The van der Waals surface area contributed by atoms with Gasteiger partial charge in [0.05, 0.1) is 13.2 Å². The van der Waals surface area contributed by atoms with Crippen molar-refractivity contribution in [3.05, 3.63) is 65.4 Å². The molecular weight excluding hydrogens is 356 g/mol. The summed E-state index contributed by atoms with van der Waals surface area (Å²) >= 11 is 0. The van der Waals surface area contributed by atoms with E-state index in [2.05, 4.69) is 10.1 Å². The zero-order chi connectivity index (χ0) is 19.8. The second-order valence-electron chi connectivity index (χ2n) is 6.74. The second kappa shape index (κ2) is 6.92. The molecule has 0 fully saturated rings. The molecule has 0 bridgehead atoms. The van der Waals surface area contributed by atoms with Crippen LogP contribution in [-0.4, -0.2) is 34.6 Å². The van der Waals surface area contributed by atoms with Crippen molar-refractivity contribution in [2.75, 3.05) is 12.1 Å². The predicted molar refractivity (Wildman–Crippen MR) is 105 cm³/mol. The highest BCUT2D eigenvalue weighted by atomic mass is 16.5. The fraction of sp³-hybridized carbons (Fsp3) is 0.238. The highest BCUT2D eigenvalue weighted by Crippen LogP contribution is 2.37. The lowest BCUT2D eigenvalue weighted by Crippen LogP contribution is -2.36. The summed E-state index contributed by atoms with van der Waals surface area (Å²) in [5.41, 5.74) is 1.92. The summed E-state index contributed by atoms with van der Waals surface area (Å²) in [7, 11) is 1.62. The van der Waals surface area contributed by atoms with Gasteiger partial charge in [0.2, 0.25) is 0 Å². The minimum Gasteiger partial charge on any atom is -0.497 e. The van der Waals surface area contributed by atoms with E-state index in [0.29, 0.717) is 29.2 Å². The van der Waals surface area contributed by atoms with E-state index in [-0.39, 0.29) is 17.9 Å². The molecule has 0 spiro atoms. The molecule has 7 nitrogen and oxygen atoms in total. The average Bonchev–Trinajstić information content (AvgIpc) is 3.25. The second-order valence-corrected chi connectivity index (χ2v) is 6.74. The van der Waals surface area contributed by atoms with Gasteiger partial charge in [-0.25, -0.2) is 14.9 Å². The first kappa shape index (κ1) is 17.9. The molecule has 3 heterocycles. The van der Waals surface area contributed by atoms with Crippen LogP contribution >= 0.6 is 0 Å². The Labute approximate surface area is 162 Å². The van der Waals surface area contributed by atoms with Gasteiger partial charge >= 0.3 is 0 Å². The highest BCUT2D eigenvalue weighted by molar-refractivity contribution is 6.28. The van der Waals surface area contributed by atoms with Gasteiger partial charge in [-0.1, -0.05) is 18.2 Å². The lowest BCUT2D eigenvalue weighted by Gasteiger charge is -2.22. The Balaban J connectivity index is 1.72. The van der Waals surface area contributed by atoms with Gasteiger partial charge < -0.3 is 4.74 Å². The fourth-order valence-electron chi connectivity index (χ4n) is 3.40. The number of nitrogens with zero attached hydrogens (tertiary/aromatic N) is 4. The van der Waals surface area contributed by atoms with Crippen LogP contribution in [0.25, 0.3) is 0 Å². The van der Waals surface area contributed by atoms with Crippen molar-refractivity contribution in [2.45, 2.75) is 26.3 Å². The van der Waals surface area contributed by atoms with Crippen molar-refractivity contribution >= 4 is 23.5 Å². The van der Waals surface area contributed by atoms with E-state index in [1.807, 2.05) is 42.5 Å². The molecule has 0 N–H and O–H groups in total. The van der Waals surface area contributed by atoms with Gasteiger partial charge in [0, 0.05) is 23.8 Å². The van der Waals surface area contributed by atoms with Crippen LogP contribution in [0.1, 0.15) is 31.9 Å². The Morgan fingerprint density at radius 3 is 2.25 bits per heavy atom. The number of pyridine rings is 1. The Kier molecular flexibility index (Phi) is 4.43. The van der Waals surface area contributed by atoms with Crippen molar-refractivity contribution in [2.24, 2.45) is 5.10 Å². The van der Waals surface area contributed by atoms with E-state index in [1.165, 1.54) is 4.90 Å². The zero-order valence-corrected chi connectivity index (χ0v) is 15.9. The maximum absolute atomic E-state index is 12.6. The summed E-state index contributed by atoms with van der Waals surface area (Å²) in [5.74, 6) is 1.22. The van der Waals surface area contributed by atoms with Crippen LogP contribution in [0.5, 0.6) is 5.75 Å². The van der Waals surface area contributed by atoms with Crippen molar-refractivity contribution < 1.29 is 14.3 Å². The molecule has 2 aromatic rings. The zero-order valence-electron chi connectivity index (χ0n) is 15.9. The van der Waals surface area contributed by atoms with Crippen molar-refractivity contribution in [1.29, 1.82) is 0 Å². The van der Waals surface area contributed by atoms with E-state index in [1.54, 1.807) is 32.2 Å². The minimum absolute atomic E-state index is 0.183. The molecule has 142 valence electrons. The molecule has 1 unspecified atom stereocenters. The molecule has 2 amide bonds. The molecule has 1 aromatic carbocycles. The van der Waals surface area contributed by atoms with Gasteiger partial charge in [-0.15, -0.1) is 0 Å². The fourth-order valence-corrected chi connectivity index (χ4v) is 3.40. The Morgan fingerprint density at radius 1 is 1.00 bits per heavy atom. The monoisotopic (exact) mass is 376 g/mol. The summed E-state index contributed by atoms with van der Waals surface area (Å²) in [5, 5.41) is 6.39. The number of amides is 2. The van der Waals surface area contributed by atoms with E-state index in [0.717, 1.165) is 11.3 Å². The number of benzene rings is 1. The summed E-state index contributed by atoms with van der Waals surface area (Å²) in [4.78, 5) is 30.8. The Morgan fingerprint density at radius 2 is 1.68 bits per heavy atom. The molecule has 28 heavy (non-hydrogen) atoms. The van der Waals surface area contributed by atoms with Crippen LogP contribution < -0.4 is 9.75 Å². The summed E-state index contributed by atoms with van der Waals surface area (Å²) in [6, 6.07) is 13.1.